The van der Waals surface area contributed by atoms with Crippen LogP contribution in [0.4, 0.5) is 0 Å². The van der Waals surface area contributed by atoms with E-state index in [1.807, 2.05) is 24.5 Å². The molecule has 0 N–H and O–H groups in total. The highest BCUT2D eigenvalue weighted by Crippen LogP contribution is 2.30. The maximum atomic E-state index is 11.8. The van der Waals surface area contributed by atoms with Crippen LogP contribution in [0.1, 0.15) is 42.5 Å². The summed E-state index contributed by atoms with van der Waals surface area (Å²) in [5, 5.41) is 0. The molecule has 0 aliphatic carbocycles. The first-order valence-corrected chi connectivity index (χ1v) is 5.51. The van der Waals surface area contributed by atoms with Crippen LogP contribution in [-0.4, -0.2) is 16.8 Å². The average Bonchev–Trinajstić information content (AvgIpc) is 2.71. The minimum absolute atomic E-state index is 0.164. The van der Waals surface area contributed by atoms with Crippen LogP contribution in [0.2, 0.25) is 0 Å². The first kappa shape index (κ1) is 10.9. The highest BCUT2D eigenvalue weighted by Gasteiger charge is 2.33. The SMILES string of the molecule is CCC(C)C1C(=O)OCc2ccc([13CH]=O)n21. The number of carbonyl (C=O) groups is 2. The Kier molecular flexibility index (Phi) is 2.81. The fourth-order valence-corrected chi connectivity index (χ4v) is 2.11. The summed E-state index contributed by atoms with van der Waals surface area (Å²) in [6, 6.07) is 3.22. The summed E-state index contributed by atoms with van der Waals surface area (Å²) in [5.41, 5.74) is 1.45. The van der Waals surface area contributed by atoms with Gasteiger partial charge in [-0.2, -0.15) is 0 Å². The van der Waals surface area contributed by atoms with Crippen LogP contribution >= 0.6 is 0 Å². The van der Waals surface area contributed by atoms with Gasteiger partial charge in [0.1, 0.15) is 12.6 Å². The average molecular weight is 222 g/mol. The van der Waals surface area contributed by atoms with Gasteiger partial charge in [-0.25, -0.2) is 4.79 Å². The fourth-order valence-electron chi connectivity index (χ4n) is 2.11. The molecular formula is C12H15NO3. The molecule has 2 rings (SSSR count). The summed E-state index contributed by atoms with van der Waals surface area (Å²) in [5.74, 6) is -0.0706. The van der Waals surface area contributed by atoms with E-state index in [1.165, 1.54) is 0 Å². The number of nitrogens with zero attached hydrogens (tertiary/aromatic N) is 1. The van der Waals surface area contributed by atoms with Crippen molar-refractivity contribution in [1.29, 1.82) is 0 Å². The predicted octanol–water partition coefficient (Wildman–Crippen LogP) is 1.94. The van der Waals surface area contributed by atoms with Crippen LogP contribution in [0.25, 0.3) is 0 Å². The number of fused-ring (bicyclic) bond motifs is 1. The van der Waals surface area contributed by atoms with E-state index in [0.717, 1.165) is 18.4 Å². The molecule has 4 heteroatoms. The lowest BCUT2D eigenvalue weighted by Crippen LogP contribution is -2.34. The summed E-state index contributed by atoms with van der Waals surface area (Å²) in [6.45, 7) is 4.28. The second kappa shape index (κ2) is 4.12. The normalized spacial score (nSPS) is 21.1. The molecule has 16 heavy (non-hydrogen) atoms. The third kappa shape index (κ3) is 1.54. The van der Waals surface area contributed by atoms with Crippen molar-refractivity contribution in [3.8, 4) is 0 Å². The molecule has 0 saturated carbocycles. The van der Waals surface area contributed by atoms with Gasteiger partial charge in [-0.3, -0.25) is 4.79 Å². The Morgan fingerprint density at radius 1 is 1.62 bits per heavy atom. The molecule has 0 spiro atoms. The highest BCUT2D eigenvalue weighted by atomic mass is 16.5. The molecule has 1 aliphatic heterocycles. The van der Waals surface area contributed by atoms with Crippen LogP contribution in [-0.2, 0) is 16.1 Å². The number of rotatable bonds is 3. The number of hydrogen-bond donors (Lipinski definition) is 0. The number of aldehydes is 1. The highest BCUT2D eigenvalue weighted by molar-refractivity contribution is 5.79. The quantitative estimate of drug-likeness (QED) is 0.446. The van der Waals surface area contributed by atoms with Gasteiger partial charge >= 0.3 is 5.97 Å². The Bertz CT molecular complexity index is 422. The Balaban J connectivity index is 2.49. The lowest BCUT2D eigenvalue weighted by molar-refractivity contribution is -0.154. The van der Waals surface area contributed by atoms with E-state index in [0.29, 0.717) is 5.69 Å². The zero-order valence-corrected chi connectivity index (χ0v) is 9.47. The molecular weight excluding hydrogens is 207 g/mol. The zero-order chi connectivity index (χ0) is 11.7. The summed E-state index contributed by atoms with van der Waals surface area (Å²) >= 11 is 0. The van der Waals surface area contributed by atoms with Crippen LogP contribution in [0.3, 0.4) is 0 Å². The van der Waals surface area contributed by atoms with E-state index < -0.39 is 0 Å². The minimum atomic E-state index is -0.357. The molecule has 0 radical (unpaired) electrons. The molecule has 2 unspecified atom stereocenters. The Morgan fingerprint density at radius 2 is 2.38 bits per heavy atom. The van der Waals surface area contributed by atoms with Crippen LogP contribution in [0.5, 0.6) is 0 Å². The summed E-state index contributed by atoms with van der Waals surface area (Å²) < 4.78 is 6.93. The molecule has 0 fully saturated rings. The summed E-state index contributed by atoms with van der Waals surface area (Å²) in [4.78, 5) is 22.7. The molecule has 0 aromatic carbocycles. The molecule has 0 saturated heterocycles. The lowest BCUT2D eigenvalue weighted by atomic mass is 9.98. The number of hydrogen-bond acceptors (Lipinski definition) is 3. The smallest absolute Gasteiger partial charge is 0.329 e. The van der Waals surface area contributed by atoms with Crippen LogP contribution < -0.4 is 0 Å². The van der Waals surface area contributed by atoms with E-state index in [1.54, 1.807) is 6.07 Å². The van der Waals surface area contributed by atoms with Crippen molar-refractivity contribution >= 4 is 12.3 Å². The maximum Gasteiger partial charge on any atom is 0.329 e. The molecule has 1 aromatic rings. The van der Waals surface area contributed by atoms with Gasteiger partial charge in [0.05, 0.1) is 11.4 Å². The minimum Gasteiger partial charge on any atom is -0.458 e. The van der Waals surface area contributed by atoms with Crippen molar-refractivity contribution in [2.45, 2.75) is 32.9 Å². The third-order valence-electron chi connectivity index (χ3n) is 3.22. The first-order chi connectivity index (χ1) is 7.69. The van der Waals surface area contributed by atoms with Gasteiger partial charge < -0.3 is 9.30 Å². The van der Waals surface area contributed by atoms with E-state index in [9.17, 15) is 9.59 Å². The number of cyclic esters (lactones) is 1. The van der Waals surface area contributed by atoms with Crippen LogP contribution in [0.15, 0.2) is 12.1 Å². The molecule has 1 aliphatic rings. The first-order valence-electron chi connectivity index (χ1n) is 5.51. The lowest BCUT2D eigenvalue weighted by Gasteiger charge is -2.29. The fraction of sp³-hybridized carbons (Fsp3) is 0.500. The topological polar surface area (TPSA) is 48.3 Å². The maximum absolute atomic E-state index is 11.8. The summed E-state index contributed by atoms with van der Waals surface area (Å²) in [7, 11) is 0. The van der Waals surface area contributed by atoms with Gasteiger partial charge in [-0.15, -0.1) is 0 Å². The second-order valence-corrected chi connectivity index (χ2v) is 4.18. The van der Waals surface area contributed by atoms with Crippen molar-refractivity contribution in [2.24, 2.45) is 5.92 Å². The van der Waals surface area contributed by atoms with Gasteiger partial charge in [0.2, 0.25) is 0 Å². The Morgan fingerprint density at radius 3 is 3.00 bits per heavy atom. The van der Waals surface area contributed by atoms with Gasteiger partial charge in [-0.1, -0.05) is 20.3 Å². The molecule has 0 bridgehead atoms. The number of carbonyl (C=O) groups excluding carboxylic acids is 2. The molecule has 2 heterocycles. The predicted molar refractivity (Wildman–Crippen MR) is 58.1 cm³/mol. The van der Waals surface area contributed by atoms with Gasteiger partial charge in [0.15, 0.2) is 6.29 Å². The molecule has 0 amide bonds. The van der Waals surface area contributed by atoms with Gasteiger partial charge in [-0.05, 0) is 18.1 Å². The van der Waals surface area contributed by atoms with Crippen molar-refractivity contribution < 1.29 is 14.3 Å². The summed E-state index contributed by atoms with van der Waals surface area (Å²) in [6.07, 6.45) is 1.66. The molecule has 4 nitrogen and oxygen atoms in total. The van der Waals surface area contributed by atoms with E-state index >= 15 is 0 Å². The Hall–Kier alpha value is -1.58. The van der Waals surface area contributed by atoms with Gasteiger partial charge in [0, 0.05) is 0 Å². The molecule has 2 atom stereocenters. The molecule has 86 valence electrons. The monoisotopic (exact) mass is 222 g/mol. The second-order valence-electron chi connectivity index (χ2n) is 4.18. The van der Waals surface area contributed by atoms with Crippen LogP contribution in [0, 0.1) is 5.92 Å². The zero-order valence-electron chi connectivity index (χ0n) is 9.47. The third-order valence-corrected chi connectivity index (χ3v) is 3.22. The number of aromatic nitrogens is 1. The van der Waals surface area contributed by atoms with Gasteiger partial charge in [0.25, 0.3) is 0 Å². The molecule has 1 aromatic heterocycles. The number of ether oxygens (including phenoxy) is 1. The van der Waals surface area contributed by atoms with E-state index in [4.69, 9.17) is 4.74 Å². The van der Waals surface area contributed by atoms with E-state index in [2.05, 4.69) is 0 Å². The van der Waals surface area contributed by atoms with Crippen molar-refractivity contribution in [3.63, 3.8) is 0 Å². The van der Waals surface area contributed by atoms with E-state index in [-0.39, 0.29) is 24.5 Å². The van der Waals surface area contributed by atoms with Crippen molar-refractivity contribution in [2.75, 3.05) is 0 Å². The largest absolute Gasteiger partial charge is 0.458 e. The van der Waals surface area contributed by atoms with Crippen molar-refractivity contribution in [3.05, 3.63) is 23.5 Å². The van der Waals surface area contributed by atoms with Crippen molar-refractivity contribution in [1.82, 2.24) is 4.57 Å². The Labute approximate surface area is 94.2 Å². The number of esters is 1. The standard InChI is InChI=1S/C12H15NO3/c1-3-8(2)11-12(15)16-7-10-5-4-9(6-14)13(10)11/h4-6,8,11H,3,7H2,1-2H3/i6+1.